The zero-order valence-electron chi connectivity index (χ0n) is 10.9. The van der Waals surface area contributed by atoms with Crippen molar-refractivity contribution in [2.24, 2.45) is 0 Å². The van der Waals surface area contributed by atoms with Crippen LogP contribution in [0.2, 0.25) is 0 Å². The normalized spacial score (nSPS) is 13.5. The standard InChI is InChI=1S/C12H18F2N2O2S/c1-9(8-15-2)19(17,18)16-4-3-10-5-11(13)7-12(14)6-10/h5-7,9,15-16H,3-4,8H2,1-2H3. The van der Waals surface area contributed by atoms with Crippen LogP contribution >= 0.6 is 0 Å². The average molecular weight is 292 g/mol. The second-order valence-corrected chi connectivity index (χ2v) is 6.52. The van der Waals surface area contributed by atoms with Crippen molar-refractivity contribution < 1.29 is 17.2 Å². The summed E-state index contributed by atoms with van der Waals surface area (Å²) in [5.41, 5.74) is 0.418. The van der Waals surface area contributed by atoms with Gasteiger partial charge in [-0.15, -0.1) is 0 Å². The Hall–Kier alpha value is -1.05. The number of sulfonamides is 1. The lowest BCUT2D eigenvalue weighted by atomic mass is 10.1. The van der Waals surface area contributed by atoms with Gasteiger partial charge in [-0.3, -0.25) is 0 Å². The Morgan fingerprint density at radius 2 is 1.79 bits per heavy atom. The van der Waals surface area contributed by atoms with Crippen molar-refractivity contribution in [2.75, 3.05) is 20.1 Å². The molecule has 0 amide bonds. The topological polar surface area (TPSA) is 58.2 Å². The van der Waals surface area contributed by atoms with Crippen LogP contribution in [0.4, 0.5) is 8.78 Å². The first-order chi connectivity index (χ1) is 8.85. The van der Waals surface area contributed by atoms with E-state index in [0.29, 0.717) is 12.1 Å². The molecule has 0 aliphatic heterocycles. The van der Waals surface area contributed by atoms with Gasteiger partial charge in [0.05, 0.1) is 5.25 Å². The van der Waals surface area contributed by atoms with Crippen molar-refractivity contribution in [3.05, 3.63) is 35.4 Å². The minimum atomic E-state index is -3.41. The van der Waals surface area contributed by atoms with Gasteiger partial charge in [0.2, 0.25) is 10.0 Å². The summed E-state index contributed by atoms with van der Waals surface area (Å²) >= 11 is 0. The SMILES string of the molecule is CNCC(C)S(=O)(=O)NCCc1cc(F)cc(F)c1. The van der Waals surface area contributed by atoms with Gasteiger partial charge in [0.25, 0.3) is 0 Å². The number of nitrogens with one attached hydrogen (secondary N) is 2. The molecule has 7 heteroatoms. The highest BCUT2D eigenvalue weighted by Gasteiger charge is 2.18. The Kier molecular flexibility index (Phi) is 5.84. The predicted octanol–water partition coefficient (Wildman–Crippen LogP) is 1.03. The van der Waals surface area contributed by atoms with Crippen LogP contribution in [-0.2, 0) is 16.4 Å². The fourth-order valence-corrected chi connectivity index (χ4v) is 2.69. The Morgan fingerprint density at radius 3 is 2.32 bits per heavy atom. The molecule has 19 heavy (non-hydrogen) atoms. The highest BCUT2D eigenvalue weighted by Crippen LogP contribution is 2.08. The molecule has 0 aliphatic carbocycles. The summed E-state index contributed by atoms with van der Waals surface area (Å²) in [6.45, 7) is 2.03. The maximum absolute atomic E-state index is 12.9. The van der Waals surface area contributed by atoms with E-state index in [1.54, 1.807) is 14.0 Å². The molecule has 1 rings (SSSR count). The van der Waals surface area contributed by atoms with E-state index in [9.17, 15) is 17.2 Å². The number of hydrogen-bond acceptors (Lipinski definition) is 3. The van der Waals surface area contributed by atoms with Gasteiger partial charge < -0.3 is 5.32 Å². The average Bonchev–Trinajstić information content (AvgIpc) is 2.27. The van der Waals surface area contributed by atoms with Crippen LogP contribution in [0, 0.1) is 11.6 Å². The lowest BCUT2D eigenvalue weighted by Crippen LogP contribution is -2.38. The molecule has 4 nitrogen and oxygen atoms in total. The second-order valence-electron chi connectivity index (χ2n) is 4.34. The van der Waals surface area contributed by atoms with Crippen LogP contribution in [0.5, 0.6) is 0 Å². The van der Waals surface area contributed by atoms with E-state index in [1.165, 1.54) is 12.1 Å². The molecule has 0 fully saturated rings. The third kappa shape index (κ3) is 5.22. The van der Waals surface area contributed by atoms with Crippen LogP contribution in [-0.4, -0.2) is 33.8 Å². The van der Waals surface area contributed by atoms with E-state index in [-0.39, 0.29) is 13.0 Å². The molecule has 108 valence electrons. The van der Waals surface area contributed by atoms with Crippen LogP contribution in [0.3, 0.4) is 0 Å². The van der Waals surface area contributed by atoms with Crippen molar-refractivity contribution in [1.29, 1.82) is 0 Å². The van der Waals surface area contributed by atoms with Crippen molar-refractivity contribution in [1.82, 2.24) is 10.0 Å². The molecule has 0 saturated heterocycles. The van der Waals surface area contributed by atoms with Gasteiger partial charge in [-0.05, 0) is 38.1 Å². The summed E-state index contributed by atoms with van der Waals surface area (Å²) in [6, 6.07) is 3.16. The molecule has 0 aromatic heterocycles. The van der Waals surface area contributed by atoms with Gasteiger partial charge in [0, 0.05) is 19.2 Å². The van der Waals surface area contributed by atoms with Crippen LogP contribution < -0.4 is 10.0 Å². The Labute approximate surface area is 112 Å². The Bertz CT molecular complexity index is 500. The lowest BCUT2D eigenvalue weighted by Gasteiger charge is -2.13. The molecule has 0 radical (unpaired) electrons. The van der Waals surface area contributed by atoms with Crippen LogP contribution in [0.15, 0.2) is 18.2 Å². The molecule has 1 unspecified atom stereocenters. The maximum atomic E-state index is 12.9. The minimum Gasteiger partial charge on any atom is -0.318 e. The van der Waals surface area contributed by atoms with Crippen molar-refractivity contribution >= 4 is 10.0 Å². The quantitative estimate of drug-likeness (QED) is 0.789. The first-order valence-electron chi connectivity index (χ1n) is 5.93. The van der Waals surface area contributed by atoms with E-state index in [4.69, 9.17) is 0 Å². The molecule has 0 aliphatic rings. The van der Waals surface area contributed by atoms with Crippen LogP contribution in [0.25, 0.3) is 0 Å². The highest BCUT2D eigenvalue weighted by molar-refractivity contribution is 7.90. The van der Waals surface area contributed by atoms with Gasteiger partial charge in [-0.1, -0.05) is 0 Å². The Balaban J connectivity index is 2.54. The van der Waals surface area contributed by atoms with Crippen molar-refractivity contribution in [3.63, 3.8) is 0 Å². The fraction of sp³-hybridized carbons (Fsp3) is 0.500. The summed E-state index contributed by atoms with van der Waals surface area (Å²) in [7, 11) is -1.74. The zero-order valence-corrected chi connectivity index (χ0v) is 11.7. The molecule has 1 aromatic carbocycles. The first kappa shape index (κ1) is 16.0. The van der Waals surface area contributed by atoms with Gasteiger partial charge >= 0.3 is 0 Å². The summed E-state index contributed by atoms with van der Waals surface area (Å²) in [4.78, 5) is 0. The van der Waals surface area contributed by atoms with E-state index in [2.05, 4.69) is 10.0 Å². The Morgan fingerprint density at radius 1 is 1.21 bits per heavy atom. The minimum absolute atomic E-state index is 0.110. The molecule has 1 aromatic rings. The molecule has 1 atom stereocenters. The summed E-state index contributed by atoms with van der Waals surface area (Å²) in [5, 5.41) is 2.21. The second kappa shape index (κ2) is 6.93. The molecule has 0 spiro atoms. The van der Waals surface area contributed by atoms with Gasteiger partial charge in [-0.25, -0.2) is 21.9 Å². The summed E-state index contributed by atoms with van der Waals surface area (Å²) in [6.07, 6.45) is 0.236. The van der Waals surface area contributed by atoms with E-state index >= 15 is 0 Å². The monoisotopic (exact) mass is 292 g/mol. The summed E-state index contributed by atoms with van der Waals surface area (Å²) in [5.74, 6) is -1.33. The largest absolute Gasteiger partial charge is 0.318 e. The van der Waals surface area contributed by atoms with E-state index < -0.39 is 26.9 Å². The third-order valence-corrected chi connectivity index (χ3v) is 4.49. The highest BCUT2D eigenvalue weighted by atomic mass is 32.2. The number of hydrogen-bond donors (Lipinski definition) is 2. The zero-order chi connectivity index (χ0) is 14.5. The third-order valence-electron chi connectivity index (χ3n) is 2.66. The summed E-state index contributed by atoms with van der Waals surface area (Å²) < 4.78 is 51.8. The van der Waals surface area contributed by atoms with Crippen molar-refractivity contribution in [3.8, 4) is 0 Å². The van der Waals surface area contributed by atoms with E-state index in [0.717, 1.165) is 6.07 Å². The van der Waals surface area contributed by atoms with Crippen LogP contribution in [0.1, 0.15) is 12.5 Å². The number of rotatable bonds is 7. The molecule has 0 heterocycles. The number of halogens is 2. The first-order valence-corrected chi connectivity index (χ1v) is 7.48. The molecule has 0 bridgehead atoms. The maximum Gasteiger partial charge on any atom is 0.215 e. The lowest BCUT2D eigenvalue weighted by molar-refractivity contribution is 0.563. The van der Waals surface area contributed by atoms with Gasteiger partial charge in [0.15, 0.2) is 0 Å². The van der Waals surface area contributed by atoms with Crippen molar-refractivity contribution in [2.45, 2.75) is 18.6 Å². The fourth-order valence-electron chi connectivity index (χ4n) is 1.63. The smallest absolute Gasteiger partial charge is 0.215 e. The van der Waals surface area contributed by atoms with Gasteiger partial charge in [0.1, 0.15) is 11.6 Å². The molecular weight excluding hydrogens is 274 g/mol. The number of benzene rings is 1. The molecule has 2 N–H and O–H groups in total. The molecular formula is C12H18F2N2O2S. The predicted molar refractivity (Wildman–Crippen MR) is 70.4 cm³/mol. The van der Waals surface area contributed by atoms with E-state index in [1.807, 2.05) is 0 Å². The molecule has 0 saturated carbocycles. The van der Waals surface area contributed by atoms with Gasteiger partial charge in [-0.2, -0.15) is 0 Å².